The first-order valence-electron chi connectivity index (χ1n) is 5.73. The van der Waals surface area contributed by atoms with E-state index in [0.717, 1.165) is 6.42 Å². The fourth-order valence-electron chi connectivity index (χ4n) is 1.30. The van der Waals surface area contributed by atoms with Gasteiger partial charge in [0.05, 0.1) is 6.54 Å². The third-order valence-corrected chi connectivity index (χ3v) is 2.14. The SMILES string of the molecule is CCCC(=O)OCCNC(=O)c1ccccc1. The molecule has 0 heterocycles. The molecule has 1 aromatic rings. The molecule has 4 nitrogen and oxygen atoms in total. The van der Waals surface area contributed by atoms with Gasteiger partial charge in [-0.15, -0.1) is 0 Å². The Balaban J connectivity index is 2.19. The van der Waals surface area contributed by atoms with Crippen molar-refractivity contribution in [2.24, 2.45) is 0 Å². The highest BCUT2D eigenvalue weighted by atomic mass is 16.5. The van der Waals surface area contributed by atoms with Crippen molar-refractivity contribution >= 4 is 11.9 Å². The normalized spacial score (nSPS) is 9.71. The van der Waals surface area contributed by atoms with Crippen LogP contribution in [0.1, 0.15) is 30.1 Å². The zero-order valence-corrected chi connectivity index (χ0v) is 9.94. The number of benzene rings is 1. The molecule has 0 aliphatic carbocycles. The molecule has 0 radical (unpaired) electrons. The molecule has 0 aliphatic rings. The lowest BCUT2D eigenvalue weighted by molar-refractivity contribution is -0.143. The molecule has 0 saturated heterocycles. The summed E-state index contributed by atoms with van der Waals surface area (Å²) in [7, 11) is 0. The Morgan fingerprint density at radius 2 is 1.94 bits per heavy atom. The molecule has 0 aromatic heterocycles. The summed E-state index contributed by atoms with van der Waals surface area (Å²) < 4.78 is 4.92. The molecule has 0 spiro atoms. The van der Waals surface area contributed by atoms with Gasteiger partial charge >= 0.3 is 5.97 Å². The Kier molecular flexibility index (Phi) is 5.79. The van der Waals surface area contributed by atoms with Crippen LogP contribution < -0.4 is 5.32 Å². The smallest absolute Gasteiger partial charge is 0.305 e. The fraction of sp³-hybridized carbons (Fsp3) is 0.385. The number of amides is 1. The number of carbonyl (C=O) groups excluding carboxylic acids is 2. The first-order chi connectivity index (χ1) is 8.24. The molecule has 4 heteroatoms. The van der Waals surface area contributed by atoms with E-state index in [0.29, 0.717) is 18.5 Å². The van der Waals surface area contributed by atoms with Crippen molar-refractivity contribution in [1.29, 1.82) is 0 Å². The van der Waals surface area contributed by atoms with Crippen LogP contribution in [-0.2, 0) is 9.53 Å². The summed E-state index contributed by atoms with van der Waals surface area (Å²) >= 11 is 0. The Morgan fingerprint density at radius 1 is 1.24 bits per heavy atom. The van der Waals surface area contributed by atoms with Crippen LogP contribution >= 0.6 is 0 Å². The average Bonchev–Trinajstić information content (AvgIpc) is 2.36. The highest BCUT2D eigenvalue weighted by molar-refractivity contribution is 5.94. The van der Waals surface area contributed by atoms with Crippen molar-refractivity contribution in [2.75, 3.05) is 13.2 Å². The van der Waals surface area contributed by atoms with Crippen molar-refractivity contribution in [2.45, 2.75) is 19.8 Å². The van der Waals surface area contributed by atoms with E-state index in [1.807, 2.05) is 13.0 Å². The molecule has 92 valence electrons. The summed E-state index contributed by atoms with van der Waals surface area (Å²) in [5.41, 5.74) is 0.604. The Labute approximate surface area is 101 Å². The van der Waals surface area contributed by atoms with Gasteiger partial charge in [-0.2, -0.15) is 0 Å². The molecule has 0 saturated carbocycles. The lowest BCUT2D eigenvalue weighted by atomic mass is 10.2. The van der Waals surface area contributed by atoms with Crippen molar-refractivity contribution in [3.05, 3.63) is 35.9 Å². The van der Waals surface area contributed by atoms with Crippen molar-refractivity contribution in [3.8, 4) is 0 Å². The Morgan fingerprint density at radius 3 is 2.59 bits per heavy atom. The van der Waals surface area contributed by atoms with Crippen LogP contribution in [0.3, 0.4) is 0 Å². The van der Waals surface area contributed by atoms with Gasteiger partial charge < -0.3 is 10.1 Å². The zero-order valence-electron chi connectivity index (χ0n) is 9.94. The maximum absolute atomic E-state index is 11.6. The highest BCUT2D eigenvalue weighted by Gasteiger charge is 2.04. The largest absolute Gasteiger partial charge is 0.464 e. The van der Waals surface area contributed by atoms with Gasteiger partial charge in [-0.25, -0.2) is 0 Å². The molecule has 0 bridgehead atoms. The number of nitrogens with one attached hydrogen (secondary N) is 1. The molecule has 0 aliphatic heterocycles. The van der Waals surface area contributed by atoms with Crippen LogP contribution in [0.4, 0.5) is 0 Å². The minimum absolute atomic E-state index is 0.155. The molecule has 0 unspecified atom stereocenters. The molecular weight excluding hydrogens is 218 g/mol. The molecule has 0 fully saturated rings. The Hall–Kier alpha value is -1.84. The number of hydrogen-bond donors (Lipinski definition) is 1. The van der Waals surface area contributed by atoms with E-state index in [1.165, 1.54) is 0 Å². The summed E-state index contributed by atoms with van der Waals surface area (Å²) in [4.78, 5) is 22.6. The van der Waals surface area contributed by atoms with Crippen LogP contribution in [-0.4, -0.2) is 25.0 Å². The molecule has 1 aromatic carbocycles. The van der Waals surface area contributed by atoms with E-state index >= 15 is 0 Å². The molecule has 17 heavy (non-hydrogen) atoms. The molecule has 1 amide bonds. The van der Waals surface area contributed by atoms with Gasteiger partial charge in [-0.05, 0) is 18.6 Å². The van der Waals surface area contributed by atoms with Gasteiger partial charge in [-0.1, -0.05) is 25.1 Å². The maximum atomic E-state index is 11.6. The van der Waals surface area contributed by atoms with E-state index in [4.69, 9.17) is 4.74 Å². The summed E-state index contributed by atoms with van der Waals surface area (Å²) in [6.45, 7) is 2.47. The summed E-state index contributed by atoms with van der Waals surface area (Å²) in [5, 5.41) is 2.68. The number of carbonyl (C=O) groups is 2. The van der Waals surface area contributed by atoms with Crippen LogP contribution in [0.5, 0.6) is 0 Å². The molecular formula is C13H17NO3. The van der Waals surface area contributed by atoms with Crippen molar-refractivity contribution in [3.63, 3.8) is 0 Å². The lowest BCUT2D eigenvalue weighted by Gasteiger charge is -2.06. The summed E-state index contributed by atoms with van der Waals surface area (Å²) in [6.07, 6.45) is 1.20. The Bertz CT molecular complexity index is 362. The first kappa shape index (κ1) is 13.2. The number of rotatable bonds is 6. The average molecular weight is 235 g/mol. The van der Waals surface area contributed by atoms with Crippen molar-refractivity contribution in [1.82, 2.24) is 5.32 Å². The third kappa shape index (κ3) is 5.15. The monoisotopic (exact) mass is 235 g/mol. The van der Waals surface area contributed by atoms with Crippen LogP contribution in [0.15, 0.2) is 30.3 Å². The fourth-order valence-corrected chi connectivity index (χ4v) is 1.30. The summed E-state index contributed by atoms with van der Waals surface area (Å²) in [6, 6.07) is 8.92. The predicted molar refractivity (Wildman–Crippen MR) is 64.6 cm³/mol. The quantitative estimate of drug-likeness (QED) is 0.603. The van der Waals surface area contributed by atoms with E-state index < -0.39 is 0 Å². The first-order valence-corrected chi connectivity index (χ1v) is 5.73. The molecule has 1 N–H and O–H groups in total. The molecule has 0 atom stereocenters. The minimum Gasteiger partial charge on any atom is -0.464 e. The van der Waals surface area contributed by atoms with E-state index in [9.17, 15) is 9.59 Å². The van der Waals surface area contributed by atoms with E-state index in [2.05, 4.69) is 5.32 Å². The van der Waals surface area contributed by atoms with Crippen LogP contribution in [0, 0.1) is 0 Å². The molecule has 1 rings (SSSR count). The second kappa shape index (κ2) is 7.44. The second-order valence-corrected chi connectivity index (χ2v) is 3.59. The van der Waals surface area contributed by atoms with Gasteiger partial charge in [0.25, 0.3) is 5.91 Å². The van der Waals surface area contributed by atoms with E-state index in [-0.39, 0.29) is 18.5 Å². The van der Waals surface area contributed by atoms with Crippen LogP contribution in [0.25, 0.3) is 0 Å². The number of esters is 1. The summed E-state index contributed by atoms with van der Waals surface area (Å²) in [5.74, 6) is -0.376. The van der Waals surface area contributed by atoms with Gasteiger partial charge in [0.1, 0.15) is 6.61 Å². The second-order valence-electron chi connectivity index (χ2n) is 3.59. The van der Waals surface area contributed by atoms with E-state index in [1.54, 1.807) is 24.3 Å². The number of ether oxygens (including phenoxy) is 1. The third-order valence-electron chi connectivity index (χ3n) is 2.14. The van der Waals surface area contributed by atoms with Gasteiger partial charge in [-0.3, -0.25) is 9.59 Å². The van der Waals surface area contributed by atoms with Crippen molar-refractivity contribution < 1.29 is 14.3 Å². The predicted octanol–water partition coefficient (Wildman–Crippen LogP) is 1.76. The van der Waals surface area contributed by atoms with Gasteiger partial charge in [0.15, 0.2) is 0 Å². The number of hydrogen-bond acceptors (Lipinski definition) is 3. The topological polar surface area (TPSA) is 55.4 Å². The van der Waals surface area contributed by atoms with Gasteiger partial charge in [0, 0.05) is 12.0 Å². The van der Waals surface area contributed by atoms with Gasteiger partial charge in [0.2, 0.25) is 0 Å². The minimum atomic E-state index is -0.221. The zero-order chi connectivity index (χ0) is 12.5. The lowest BCUT2D eigenvalue weighted by Crippen LogP contribution is -2.27. The standard InChI is InChI=1S/C13H17NO3/c1-2-6-12(15)17-10-9-14-13(16)11-7-4-3-5-8-11/h3-5,7-8H,2,6,9-10H2,1H3,(H,14,16). The maximum Gasteiger partial charge on any atom is 0.305 e. The van der Waals surface area contributed by atoms with Crippen LogP contribution in [0.2, 0.25) is 0 Å². The highest BCUT2D eigenvalue weighted by Crippen LogP contribution is 1.97.